The standard InChI is InChI=1S/C12H16Cl3NO2/c1-7-3-4-9(8(2)5-16)10(7)11(17)18-6-12(13,14)15/h7-10H,3-4,6H2,1-2H3. The predicted octanol–water partition coefficient (Wildman–Crippen LogP) is 3.72. The van der Waals surface area contributed by atoms with Gasteiger partial charge in [0.2, 0.25) is 3.79 Å². The second-order valence-corrected chi connectivity index (χ2v) is 7.40. The summed E-state index contributed by atoms with van der Waals surface area (Å²) in [4.78, 5) is 12.0. The normalized spacial score (nSPS) is 29.7. The monoisotopic (exact) mass is 311 g/mol. The number of nitriles is 1. The van der Waals surface area contributed by atoms with Gasteiger partial charge in [-0.1, -0.05) is 41.7 Å². The van der Waals surface area contributed by atoms with Crippen molar-refractivity contribution in [3.8, 4) is 6.07 Å². The van der Waals surface area contributed by atoms with E-state index >= 15 is 0 Å². The van der Waals surface area contributed by atoms with Gasteiger partial charge in [-0.15, -0.1) is 0 Å². The topological polar surface area (TPSA) is 50.1 Å². The van der Waals surface area contributed by atoms with Crippen molar-refractivity contribution < 1.29 is 9.53 Å². The molecule has 0 heterocycles. The number of rotatable bonds is 3. The Morgan fingerprint density at radius 1 is 1.50 bits per heavy atom. The highest BCUT2D eigenvalue weighted by Gasteiger charge is 2.42. The highest BCUT2D eigenvalue weighted by molar-refractivity contribution is 6.67. The summed E-state index contributed by atoms with van der Waals surface area (Å²) in [6.45, 7) is 3.57. The molecule has 0 aromatic rings. The van der Waals surface area contributed by atoms with Crippen molar-refractivity contribution in [2.45, 2.75) is 30.5 Å². The first kappa shape index (κ1) is 15.9. The number of esters is 1. The smallest absolute Gasteiger partial charge is 0.309 e. The van der Waals surface area contributed by atoms with Crippen molar-refractivity contribution in [3.63, 3.8) is 0 Å². The molecule has 0 spiro atoms. The van der Waals surface area contributed by atoms with Crippen molar-refractivity contribution in [1.29, 1.82) is 5.26 Å². The Morgan fingerprint density at radius 3 is 2.61 bits per heavy atom. The largest absolute Gasteiger partial charge is 0.461 e. The van der Waals surface area contributed by atoms with Crippen LogP contribution in [0.3, 0.4) is 0 Å². The molecule has 0 aromatic carbocycles. The van der Waals surface area contributed by atoms with Gasteiger partial charge >= 0.3 is 5.97 Å². The maximum absolute atomic E-state index is 12.0. The molecule has 18 heavy (non-hydrogen) atoms. The summed E-state index contributed by atoms with van der Waals surface area (Å²) in [6.07, 6.45) is 1.79. The molecule has 0 saturated heterocycles. The lowest BCUT2D eigenvalue weighted by atomic mass is 9.83. The van der Waals surface area contributed by atoms with Gasteiger partial charge in [-0.3, -0.25) is 4.79 Å². The average molecular weight is 313 g/mol. The summed E-state index contributed by atoms with van der Waals surface area (Å²) in [5, 5.41) is 8.97. The lowest BCUT2D eigenvalue weighted by Gasteiger charge is -2.23. The minimum atomic E-state index is -1.59. The van der Waals surface area contributed by atoms with Gasteiger partial charge in [-0.25, -0.2) is 0 Å². The van der Waals surface area contributed by atoms with Crippen LogP contribution in [-0.4, -0.2) is 16.4 Å². The van der Waals surface area contributed by atoms with Crippen molar-refractivity contribution >= 4 is 40.8 Å². The molecule has 6 heteroatoms. The molecule has 0 amide bonds. The van der Waals surface area contributed by atoms with Crippen LogP contribution in [-0.2, 0) is 9.53 Å². The quantitative estimate of drug-likeness (QED) is 0.589. The number of nitrogens with zero attached hydrogens (tertiary/aromatic N) is 1. The summed E-state index contributed by atoms with van der Waals surface area (Å²) in [5.74, 6) is -0.563. The molecule has 3 nitrogen and oxygen atoms in total. The Hall–Kier alpha value is -0.170. The van der Waals surface area contributed by atoms with Gasteiger partial charge in [0.25, 0.3) is 0 Å². The van der Waals surface area contributed by atoms with Crippen molar-refractivity contribution in [2.75, 3.05) is 6.61 Å². The molecule has 0 bridgehead atoms. The first-order valence-electron chi connectivity index (χ1n) is 5.89. The number of carbonyl (C=O) groups excluding carboxylic acids is 1. The van der Waals surface area contributed by atoms with Gasteiger partial charge in [0, 0.05) is 5.92 Å². The van der Waals surface area contributed by atoms with Crippen molar-refractivity contribution in [1.82, 2.24) is 0 Å². The van der Waals surface area contributed by atoms with E-state index in [1.54, 1.807) is 0 Å². The van der Waals surface area contributed by atoms with Gasteiger partial charge < -0.3 is 4.74 Å². The van der Waals surface area contributed by atoms with Crippen LogP contribution >= 0.6 is 34.8 Å². The number of hydrogen-bond donors (Lipinski definition) is 0. The summed E-state index contributed by atoms with van der Waals surface area (Å²) in [5.41, 5.74) is 0. The van der Waals surface area contributed by atoms with Crippen LogP contribution in [0.2, 0.25) is 0 Å². The van der Waals surface area contributed by atoms with Gasteiger partial charge in [-0.05, 0) is 31.6 Å². The van der Waals surface area contributed by atoms with Crippen LogP contribution in [0, 0.1) is 35.0 Å². The number of ether oxygens (including phenoxy) is 1. The maximum Gasteiger partial charge on any atom is 0.309 e. The van der Waals surface area contributed by atoms with Crippen molar-refractivity contribution in [3.05, 3.63) is 0 Å². The average Bonchev–Trinajstić information content (AvgIpc) is 2.66. The zero-order valence-electron chi connectivity index (χ0n) is 10.3. The minimum Gasteiger partial charge on any atom is -0.461 e. The van der Waals surface area contributed by atoms with E-state index in [1.807, 2.05) is 13.8 Å². The van der Waals surface area contributed by atoms with E-state index in [0.717, 1.165) is 12.8 Å². The van der Waals surface area contributed by atoms with E-state index in [1.165, 1.54) is 0 Å². The minimum absolute atomic E-state index is 0.0351. The van der Waals surface area contributed by atoms with Crippen LogP contribution in [0.15, 0.2) is 0 Å². The zero-order chi connectivity index (χ0) is 13.9. The van der Waals surface area contributed by atoms with E-state index < -0.39 is 3.79 Å². The molecule has 1 aliphatic carbocycles. The molecule has 0 aromatic heterocycles. The Kier molecular flexibility index (Phi) is 5.58. The van der Waals surface area contributed by atoms with Crippen molar-refractivity contribution in [2.24, 2.45) is 23.7 Å². The third-order valence-corrected chi connectivity index (χ3v) is 3.85. The molecule has 4 atom stereocenters. The van der Waals surface area contributed by atoms with Crippen LogP contribution < -0.4 is 0 Å². The van der Waals surface area contributed by atoms with E-state index in [4.69, 9.17) is 44.8 Å². The van der Waals surface area contributed by atoms with Gasteiger partial charge in [-0.2, -0.15) is 5.26 Å². The molecule has 1 aliphatic rings. The van der Waals surface area contributed by atoms with Crippen LogP contribution in [0.25, 0.3) is 0 Å². The first-order valence-corrected chi connectivity index (χ1v) is 7.02. The van der Waals surface area contributed by atoms with E-state index in [9.17, 15) is 4.79 Å². The molecular weight excluding hydrogens is 296 g/mol. The summed E-state index contributed by atoms with van der Waals surface area (Å²) >= 11 is 16.6. The summed E-state index contributed by atoms with van der Waals surface area (Å²) < 4.78 is 3.45. The summed E-state index contributed by atoms with van der Waals surface area (Å²) in [6, 6.07) is 2.20. The molecule has 0 radical (unpaired) electrons. The van der Waals surface area contributed by atoms with Crippen LogP contribution in [0.1, 0.15) is 26.7 Å². The fourth-order valence-electron chi connectivity index (χ4n) is 2.55. The highest BCUT2D eigenvalue weighted by Crippen LogP contribution is 2.42. The third kappa shape index (κ3) is 4.19. The molecule has 1 fully saturated rings. The maximum atomic E-state index is 12.0. The predicted molar refractivity (Wildman–Crippen MR) is 71.4 cm³/mol. The molecule has 1 saturated carbocycles. The molecule has 0 N–H and O–H groups in total. The van der Waals surface area contributed by atoms with Crippen LogP contribution in [0.5, 0.6) is 0 Å². The molecule has 102 valence electrons. The SMILES string of the molecule is CC(C#N)C1CCC(C)C1C(=O)OCC(Cl)(Cl)Cl. The Bertz CT molecular complexity index is 348. The Labute approximate surface area is 122 Å². The summed E-state index contributed by atoms with van der Waals surface area (Å²) in [7, 11) is 0. The van der Waals surface area contributed by atoms with E-state index in [2.05, 4.69) is 6.07 Å². The second kappa shape index (κ2) is 6.32. The molecule has 4 unspecified atom stereocenters. The fraction of sp³-hybridized carbons (Fsp3) is 0.833. The van der Waals surface area contributed by atoms with E-state index in [-0.39, 0.29) is 36.2 Å². The molecule has 0 aliphatic heterocycles. The number of alkyl halides is 3. The van der Waals surface area contributed by atoms with Crippen LogP contribution in [0.4, 0.5) is 0 Å². The number of halogens is 3. The zero-order valence-corrected chi connectivity index (χ0v) is 12.6. The number of hydrogen-bond acceptors (Lipinski definition) is 3. The second-order valence-electron chi connectivity index (χ2n) is 4.88. The fourth-order valence-corrected chi connectivity index (χ4v) is 2.71. The first-order chi connectivity index (χ1) is 8.26. The molecular formula is C12H16Cl3NO2. The van der Waals surface area contributed by atoms with Gasteiger partial charge in [0.05, 0.1) is 12.0 Å². The number of carbonyl (C=O) groups is 1. The molecule has 1 rings (SSSR count). The van der Waals surface area contributed by atoms with E-state index in [0.29, 0.717) is 0 Å². The van der Waals surface area contributed by atoms with Gasteiger partial charge in [0.15, 0.2) is 0 Å². The Balaban J connectivity index is 2.67. The lowest BCUT2D eigenvalue weighted by molar-refractivity contribution is -0.151. The Morgan fingerprint density at radius 2 is 2.11 bits per heavy atom. The lowest BCUT2D eigenvalue weighted by Crippen LogP contribution is -2.31. The highest BCUT2D eigenvalue weighted by atomic mass is 35.6. The third-order valence-electron chi connectivity index (χ3n) is 3.53. The van der Waals surface area contributed by atoms with Gasteiger partial charge in [0.1, 0.15) is 6.61 Å².